The fourth-order valence-corrected chi connectivity index (χ4v) is 2.46. The Labute approximate surface area is 149 Å². The molecule has 0 radical (unpaired) electrons. The van der Waals surface area contributed by atoms with Crippen LogP contribution in [-0.4, -0.2) is 16.9 Å². The van der Waals surface area contributed by atoms with Gasteiger partial charge in [-0.25, -0.2) is 0 Å². The SMILES string of the molecule is CC(O)=C(N=Nc1ccc2c(c1)NC(=O)C2)C(=O)Nc1cccc(N)c1. The maximum atomic E-state index is 12.3. The van der Waals surface area contributed by atoms with Crippen LogP contribution in [0.4, 0.5) is 22.7 Å². The second kappa shape index (κ2) is 7.06. The Kier molecular flexibility index (Phi) is 4.66. The zero-order valence-electron chi connectivity index (χ0n) is 14.0. The highest BCUT2D eigenvalue weighted by molar-refractivity contribution is 6.04. The van der Waals surface area contributed by atoms with E-state index in [-0.39, 0.29) is 17.4 Å². The molecule has 2 amide bonds. The maximum absolute atomic E-state index is 12.3. The average molecular weight is 351 g/mol. The van der Waals surface area contributed by atoms with Crippen molar-refractivity contribution >= 4 is 34.6 Å². The molecule has 1 aliphatic heterocycles. The Morgan fingerprint density at radius 2 is 2.08 bits per heavy atom. The Morgan fingerprint density at radius 1 is 1.27 bits per heavy atom. The van der Waals surface area contributed by atoms with Gasteiger partial charge in [0.15, 0.2) is 5.70 Å². The van der Waals surface area contributed by atoms with Crippen LogP contribution < -0.4 is 16.4 Å². The van der Waals surface area contributed by atoms with Crippen molar-refractivity contribution in [2.75, 3.05) is 16.4 Å². The van der Waals surface area contributed by atoms with Crippen LogP contribution in [0.5, 0.6) is 0 Å². The molecule has 1 aliphatic rings. The van der Waals surface area contributed by atoms with Crippen LogP contribution >= 0.6 is 0 Å². The summed E-state index contributed by atoms with van der Waals surface area (Å²) >= 11 is 0. The predicted molar refractivity (Wildman–Crippen MR) is 98.1 cm³/mol. The second-order valence-corrected chi connectivity index (χ2v) is 5.78. The molecule has 0 atom stereocenters. The van der Waals surface area contributed by atoms with Crippen LogP contribution in [0.25, 0.3) is 0 Å². The van der Waals surface area contributed by atoms with Crippen LogP contribution in [-0.2, 0) is 16.0 Å². The number of nitrogens with one attached hydrogen (secondary N) is 2. The number of azo groups is 1. The third kappa shape index (κ3) is 3.86. The van der Waals surface area contributed by atoms with E-state index in [2.05, 4.69) is 20.9 Å². The molecular formula is C18H17N5O3. The molecule has 0 aromatic heterocycles. The number of hydrogen-bond acceptors (Lipinski definition) is 6. The van der Waals surface area contributed by atoms with Crippen molar-refractivity contribution in [2.45, 2.75) is 13.3 Å². The summed E-state index contributed by atoms with van der Waals surface area (Å²) in [5.74, 6) is -0.971. The number of nitrogens with zero attached hydrogens (tertiary/aromatic N) is 2. The third-order valence-electron chi connectivity index (χ3n) is 3.69. The molecule has 5 N–H and O–H groups in total. The molecule has 2 aromatic carbocycles. The van der Waals surface area contributed by atoms with Gasteiger partial charge in [-0.1, -0.05) is 12.1 Å². The maximum Gasteiger partial charge on any atom is 0.279 e. The quantitative estimate of drug-likeness (QED) is 0.291. The minimum absolute atomic E-state index is 0.0811. The summed E-state index contributed by atoms with van der Waals surface area (Å²) in [5, 5.41) is 22.9. The minimum atomic E-state index is -0.617. The number of allylic oxidation sites excluding steroid dienone is 1. The summed E-state index contributed by atoms with van der Waals surface area (Å²) < 4.78 is 0. The molecule has 0 bridgehead atoms. The Hall–Kier alpha value is -3.68. The standard InChI is InChI=1S/C18H17N5O3/c1-10(24)17(18(26)20-13-4-2-3-12(19)8-13)23-22-14-6-5-11-7-16(25)21-15(11)9-14/h2-6,8-9,24H,7,19H2,1H3,(H,20,26)(H,21,25). The van der Waals surface area contributed by atoms with Crippen molar-refractivity contribution in [3.63, 3.8) is 0 Å². The first-order valence-electron chi connectivity index (χ1n) is 7.83. The molecule has 3 rings (SSSR count). The van der Waals surface area contributed by atoms with Crippen molar-refractivity contribution in [1.82, 2.24) is 0 Å². The number of amides is 2. The summed E-state index contributed by atoms with van der Waals surface area (Å²) in [6, 6.07) is 11.7. The van der Waals surface area contributed by atoms with Crippen molar-refractivity contribution in [2.24, 2.45) is 10.2 Å². The summed E-state index contributed by atoms with van der Waals surface area (Å²) in [6.45, 7) is 1.34. The fraction of sp³-hybridized carbons (Fsp3) is 0.111. The highest BCUT2D eigenvalue weighted by atomic mass is 16.3. The summed E-state index contributed by atoms with van der Waals surface area (Å²) in [4.78, 5) is 23.7. The molecule has 0 saturated carbocycles. The number of carbonyl (C=O) groups excluding carboxylic acids is 2. The molecule has 0 unspecified atom stereocenters. The van der Waals surface area contributed by atoms with Gasteiger partial charge in [0.05, 0.1) is 12.1 Å². The highest BCUT2D eigenvalue weighted by Crippen LogP contribution is 2.28. The number of nitrogens with two attached hydrogens (primary N) is 1. The van der Waals surface area contributed by atoms with Gasteiger partial charge in [0.1, 0.15) is 5.76 Å². The number of aliphatic hydroxyl groups excluding tert-OH is 1. The smallest absolute Gasteiger partial charge is 0.279 e. The lowest BCUT2D eigenvalue weighted by atomic mass is 10.1. The second-order valence-electron chi connectivity index (χ2n) is 5.78. The van der Waals surface area contributed by atoms with Crippen LogP contribution in [0.1, 0.15) is 12.5 Å². The molecule has 0 spiro atoms. The molecule has 8 nitrogen and oxygen atoms in total. The van der Waals surface area contributed by atoms with Gasteiger partial charge in [-0.15, -0.1) is 5.11 Å². The summed E-state index contributed by atoms with van der Waals surface area (Å²) in [6.07, 6.45) is 0.330. The van der Waals surface area contributed by atoms with Crippen LogP contribution in [0.3, 0.4) is 0 Å². The van der Waals surface area contributed by atoms with E-state index in [1.54, 1.807) is 42.5 Å². The molecule has 0 fully saturated rings. The summed E-state index contributed by atoms with van der Waals surface area (Å²) in [7, 11) is 0. The zero-order valence-corrected chi connectivity index (χ0v) is 14.0. The molecule has 1 heterocycles. The monoisotopic (exact) mass is 351 g/mol. The molecule has 0 aliphatic carbocycles. The van der Waals surface area contributed by atoms with E-state index >= 15 is 0 Å². The predicted octanol–water partition coefficient (Wildman–Crippen LogP) is 3.28. The third-order valence-corrected chi connectivity index (χ3v) is 3.69. The van der Waals surface area contributed by atoms with Gasteiger partial charge < -0.3 is 21.5 Å². The first kappa shape index (κ1) is 17.2. The van der Waals surface area contributed by atoms with Gasteiger partial charge in [0.2, 0.25) is 5.91 Å². The van der Waals surface area contributed by atoms with Crippen LogP contribution in [0, 0.1) is 0 Å². The number of carbonyl (C=O) groups is 2. The summed E-state index contributed by atoms with van der Waals surface area (Å²) in [5.41, 5.74) is 8.41. The Balaban J connectivity index is 1.78. The number of anilines is 3. The zero-order chi connectivity index (χ0) is 18.7. The van der Waals surface area contributed by atoms with Gasteiger partial charge in [0, 0.05) is 17.1 Å². The lowest BCUT2D eigenvalue weighted by molar-refractivity contribution is -0.115. The number of nitrogen functional groups attached to an aromatic ring is 1. The first-order valence-corrected chi connectivity index (χ1v) is 7.83. The molecule has 8 heteroatoms. The molecule has 132 valence electrons. The van der Waals surface area contributed by atoms with Gasteiger partial charge >= 0.3 is 0 Å². The van der Waals surface area contributed by atoms with Gasteiger partial charge in [-0.2, -0.15) is 5.11 Å². The lowest BCUT2D eigenvalue weighted by Gasteiger charge is -2.06. The topological polar surface area (TPSA) is 129 Å². The number of fused-ring (bicyclic) bond motifs is 1. The lowest BCUT2D eigenvalue weighted by Crippen LogP contribution is -2.14. The van der Waals surface area contributed by atoms with E-state index in [0.717, 1.165) is 5.56 Å². The van der Waals surface area contributed by atoms with E-state index in [1.807, 2.05) is 0 Å². The normalized spacial score (nSPS) is 14.0. The molecule has 2 aromatic rings. The van der Waals surface area contributed by atoms with Crippen LogP contribution in [0.2, 0.25) is 0 Å². The number of rotatable bonds is 4. The Bertz CT molecular complexity index is 946. The van der Waals surface area contributed by atoms with Crippen molar-refractivity contribution < 1.29 is 14.7 Å². The molecular weight excluding hydrogens is 334 g/mol. The number of aliphatic hydroxyl groups is 1. The fourth-order valence-electron chi connectivity index (χ4n) is 2.46. The van der Waals surface area contributed by atoms with E-state index in [0.29, 0.717) is 29.2 Å². The Morgan fingerprint density at radius 3 is 2.81 bits per heavy atom. The first-order chi connectivity index (χ1) is 12.4. The van der Waals surface area contributed by atoms with E-state index in [1.165, 1.54) is 6.92 Å². The number of hydrogen-bond donors (Lipinski definition) is 4. The molecule has 0 saturated heterocycles. The van der Waals surface area contributed by atoms with E-state index < -0.39 is 5.91 Å². The van der Waals surface area contributed by atoms with Gasteiger partial charge in [-0.05, 0) is 42.8 Å². The average Bonchev–Trinajstić information content (AvgIpc) is 2.94. The van der Waals surface area contributed by atoms with Crippen molar-refractivity contribution in [3.05, 3.63) is 59.5 Å². The van der Waals surface area contributed by atoms with Crippen molar-refractivity contribution in [3.8, 4) is 0 Å². The van der Waals surface area contributed by atoms with E-state index in [4.69, 9.17) is 5.73 Å². The van der Waals surface area contributed by atoms with Crippen molar-refractivity contribution in [1.29, 1.82) is 0 Å². The van der Waals surface area contributed by atoms with E-state index in [9.17, 15) is 14.7 Å². The number of benzene rings is 2. The van der Waals surface area contributed by atoms with Gasteiger partial charge in [-0.3, -0.25) is 9.59 Å². The van der Waals surface area contributed by atoms with Crippen LogP contribution in [0.15, 0.2) is 64.1 Å². The molecule has 26 heavy (non-hydrogen) atoms. The minimum Gasteiger partial charge on any atom is -0.510 e. The van der Waals surface area contributed by atoms with Gasteiger partial charge in [0.25, 0.3) is 5.91 Å². The largest absolute Gasteiger partial charge is 0.510 e. The highest BCUT2D eigenvalue weighted by Gasteiger charge is 2.18.